The number of carboxylic acids is 1. The molecule has 3 nitrogen and oxygen atoms in total. The maximum absolute atomic E-state index is 10.5. The largest absolute Gasteiger partial charge is 0.477 e. The minimum Gasteiger partial charge on any atom is -0.477 e. The second-order valence-corrected chi connectivity index (χ2v) is 3.77. The summed E-state index contributed by atoms with van der Waals surface area (Å²) in [6.45, 7) is 0. The summed E-state index contributed by atoms with van der Waals surface area (Å²) < 4.78 is 0. The van der Waals surface area contributed by atoms with Gasteiger partial charge in [0.2, 0.25) is 0 Å². The first-order valence-corrected chi connectivity index (χ1v) is 5.07. The van der Waals surface area contributed by atoms with Crippen LogP contribution in [0.5, 0.6) is 0 Å². The van der Waals surface area contributed by atoms with Crippen LogP contribution in [0, 0.1) is 17.2 Å². The van der Waals surface area contributed by atoms with Crippen molar-refractivity contribution in [3.05, 3.63) is 11.6 Å². The van der Waals surface area contributed by atoms with Crippen molar-refractivity contribution < 1.29 is 9.90 Å². The van der Waals surface area contributed by atoms with Gasteiger partial charge in [-0.15, -0.1) is 0 Å². The number of nitriles is 1. The van der Waals surface area contributed by atoms with Crippen LogP contribution in [-0.2, 0) is 4.79 Å². The molecule has 0 aromatic rings. The second kappa shape index (κ2) is 5.43. The summed E-state index contributed by atoms with van der Waals surface area (Å²) in [5.41, 5.74) is -0.115. The number of carbonyl (C=O) groups is 1. The van der Waals surface area contributed by atoms with E-state index in [2.05, 4.69) is 0 Å². The van der Waals surface area contributed by atoms with Gasteiger partial charge in [0.05, 0.1) is 0 Å². The third kappa shape index (κ3) is 3.21. The normalized spacial score (nSPS) is 18.9. The smallest absolute Gasteiger partial charge is 0.346 e. The molecular formula is C11H15NO2. The van der Waals surface area contributed by atoms with Crippen LogP contribution in [0.4, 0.5) is 0 Å². The van der Waals surface area contributed by atoms with E-state index < -0.39 is 5.97 Å². The first kappa shape index (κ1) is 10.8. The van der Waals surface area contributed by atoms with Crippen molar-refractivity contribution in [3.63, 3.8) is 0 Å². The van der Waals surface area contributed by atoms with Crippen LogP contribution >= 0.6 is 0 Å². The maximum atomic E-state index is 10.5. The fourth-order valence-electron chi connectivity index (χ4n) is 1.89. The molecule has 1 N–H and O–H groups in total. The average molecular weight is 193 g/mol. The third-order valence-corrected chi connectivity index (χ3v) is 2.73. The lowest BCUT2D eigenvalue weighted by molar-refractivity contribution is -0.132. The van der Waals surface area contributed by atoms with Crippen molar-refractivity contribution >= 4 is 5.97 Å². The van der Waals surface area contributed by atoms with Crippen LogP contribution in [0.2, 0.25) is 0 Å². The Balaban J connectivity index is 2.43. The Bertz CT molecular complexity index is 270. The van der Waals surface area contributed by atoms with Gasteiger partial charge in [0.15, 0.2) is 0 Å². The Hall–Kier alpha value is -1.30. The zero-order valence-electron chi connectivity index (χ0n) is 8.20. The molecule has 0 aliphatic heterocycles. The molecule has 14 heavy (non-hydrogen) atoms. The molecule has 76 valence electrons. The van der Waals surface area contributed by atoms with Crippen molar-refractivity contribution in [3.8, 4) is 6.07 Å². The molecule has 1 rings (SSSR count). The first-order valence-electron chi connectivity index (χ1n) is 5.07. The summed E-state index contributed by atoms with van der Waals surface area (Å²) in [7, 11) is 0. The van der Waals surface area contributed by atoms with E-state index in [0.717, 1.165) is 6.42 Å². The van der Waals surface area contributed by atoms with Gasteiger partial charge in [-0.3, -0.25) is 0 Å². The highest BCUT2D eigenvalue weighted by Gasteiger charge is 2.13. The Kier molecular flexibility index (Phi) is 4.18. The SMILES string of the molecule is N#CC(=CCC1CCCCC1)C(=O)O. The van der Waals surface area contributed by atoms with Gasteiger partial charge in [0, 0.05) is 0 Å². The summed E-state index contributed by atoms with van der Waals surface area (Å²) in [5, 5.41) is 17.1. The topological polar surface area (TPSA) is 61.1 Å². The Morgan fingerprint density at radius 3 is 2.57 bits per heavy atom. The summed E-state index contributed by atoms with van der Waals surface area (Å²) >= 11 is 0. The molecule has 1 aliphatic rings. The Morgan fingerprint density at radius 2 is 2.07 bits per heavy atom. The first-order chi connectivity index (χ1) is 6.74. The van der Waals surface area contributed by atoms with Gasteiger partial charge >= 0.3 is 5.97 Å². The molecular weight excluding hydrogens is 178 g/mol. The number of allylic oxidation sites excluding steroid dienone is 1. The van der Waals surface area contributed by atoms with Gasteiger partial charge in [-0.1, -0.05) is 38.2 Å². The van der Waals surface area contributed by atoms with E-state index in [1.165, 1.54) is 32.1 Å². The lowest BCUT2D eigenvalue weighted by Crippen LogP contribution is -2.06. The second-order valence-electron chi connectivity index (χ2n) is 3.77. The maximum Gasteiger partial charge on any atom is 0.346 e. The fraction of sp³-hybridized carbons (Fsp3) is 0.636. The van der Waals surface area contributed by atoms with Gasteiger partial charge in [0.1, 0.15) is 11.6 Å². The molecule has 0 aromatic carbocycles. The molecule has 0 bridgehead atoms. The molecule has 0 atom stereocenters. The summed E-state index contributed by atoms with van der Waals surface area (Å²) in [6.07, 6.45) is 8.45. The molecule has 1 aliphatic carbocycles. The van der Waals surface area contributed by atoms with E-state index in [-0.39, 0.29) is 5.57 Å². The highest BCUT2D eigenvalue weighted by molar-refractivity contribution is 5.90. The standard InChI is InChI=1S/C11H15NO2/c12-8-10(11(13)14)7-6-9-4-2-1-3-5-9/h7,9H,1-6H2,(H,13,14). The number of nitrogens with zero attached hydrogens (tertiary/aromatic N) is 1. The number of rotatable bonds is 3. The van der Waals surface area contributed by atoms with Crippen molar-refractivity contribution in [2.24, 2.45) is 5.92 Å². The number of hydrogen-bond donors (Lipinski definition) is 1. The number of aliphatic carboxylic acids is 1. The molecule has 0 spiro atoms. The lowest BCUT2D eigenvalue weighted by Gasteiger charge is -2.19. The van der Waals surface area contributed by atoms with Crippen molar-refractivity contribution in [2.45, 2.75) is 38.5 Å². The van der Waals surface area contributed by atoms with Crippen LogP contribution in [0.15, 0.2) is 11.6 Å². The molecule has 0 heterocycles. The van der Waals surface area contributed by atoms with Gasteiger partial charge < -0.3 is 5.11 Å². The molecule has 0 aromatic heterocycles. The van der Waals surface area contributed by atoms with E-state index in [1.807, 2.05) is 0 Å². The van der Waals surface area contributed by atoms with Gasteiger partial charge in [0.25, 0.3) is 0 Å². The van der Waals surface area contributed by atoms with Crippen LogP contribution < -0.4 is 0 Å². The predicted molar refractivity (Wildman–Crippen MR) is 52.5 cm³/mol. The van der Waals surface area contributed by atoms with Crippen molar-refractivity contribution in [1.82, 2.24) is 0 Å². The van der Waals surface area contributed by atoms with Crippen molar-refractivity contribution in [2.75, 3.05) is 0 Å². The lowest BCUT2D eigenvalue weighted by atomic mass is 9.86. The zero-order chi connectivity index (χ0) is 10.4. The molecule has 0 unspecified atom stereocenters. The molecule has 0 amide bonds. The van der Waals surface area contributed by atoms with Gasteiger partial charge in [-0.05, 0) is 12.3 Å². The average Bonchev–Trinajstić information content (AvgIpc) is 2.20. The van der Waals surface area contributed by atoms with Gasteiger partial charge in [-0.2, -0.15) is 5.26 Å². The van der Waals surface area contributed by atoms with Crippen molar-refractivity contribution in [1.29, 1.82) is 5.26 Å². The molecule has 1 saturated carbocycles. The molecule has 3 heteroatoms. The van der Waals surface area contributed by atoms with Crippen LogP contribution in [-0.4, -0.2) is 11.1 Å². The Labute approximate surface area is 84.0 Å². The summed E-state index contributed by atoms with van der Waals surface area (Å²) in [6, 6.07) is 1.70. The van der Waals surface area contributed by atoms with Crippen LogP contribution in [0.25, 0.3) is 0 Å². The quantitative estimate of drug-likeness (QED) is 0.553. The predicted octanol–water partition coefficient (Wildman–Crippen LogP) is 2.49. The zero-order valence-corrected chi connectivity index (χ0v) is 8.20. The van der Waals surface area contributed by atoms with E-state index >= 15 is 0 Å². The molecule has 0 saturated heterocycles. The van der Waals surface area contributed by atoms with E-state index in [9.17, 15) is 4.79 Å². The van der Waals surface area contributed by atoms with E-state index in [0.29, 0.717) is 5.92 Å². The highest BCUT2D eigenvalue weighted by atomic mass is 16.4. The monoisotopic (exact) mass is 193 g/mol. The van der Waals surface area contributed by atoms with Gasteiger partial charge in [-0.25, -0.2) is 4.79 Å². The van der Waals surface area contributed by atoms with E-state index in [4.69, 9.17) is 10.4 Å². The summed E-state index contributed by atoms with van der Waals surface area (Å²) in [4.78, 5) is 10.5. The number of carboxylic acid groups (broad SMARTS) is 1. The third-order valence-electron chi connectivity index (χ3n) is 2.73. The number of hydrogen-bond acceptors (Lipinski definition) is 2. The highest BCUT2D eigenvalue weighted by Crippen LogP contribution is 2.26. The van der Waals surface area contributed by atoms with Crippen LogP contribution in [0.3, 0.4) is 0 Å². The van der Waals surface area contributed by atoms with Crippen LogP contribution in [0.1, 0.15) is 38.5 Å². The summed E-state index contributed by atoms with van der Waals surface area (Å²) in [5.74, 6) is -0.519. The Morgan fingerprint density at radius 1 is 1.43 bits per heavy atom. The van der Waals surface area contributed by atoms with E-state index in [1.54, 1.807) is 12.1 Å². The minimum atomic E-state index is -1.11. The minimum absolute atomic E-state index is 0.115. The fourth-order valence-corrected chi connectivity index (χ4v) is 1.89. The molecule has 0 radical (unpaired) electrons. The molecule has 1 fully saturated rings.